The predicted octanol–water partition coefficient (Wildman–Crippen LogP) is 0.393. The molecule has 116 valence electrons. The zero-order chi connectivity index (χ0) is 15.1. The van der Waals surface area contributed by atoms with Gasteiger partial charge in [-0.25, -0.2) is 4.98 Å². The highest BCUT2D eigenvalue weighted by atomic mass is 32.2. The van der Waals surface area contributed by atoms with Gasteiger partial charge in [-0.2, -0.15) is 11.8 Å². The third-order valence-corrected chi connectivity index (χ3v) is 4.32. The van der Waals surface area contributed by atoms with E-state index in [2.05, 4.69) is 4.98 Å². The van der Waals surface area contributed by atoms with Gasteiger partial charge in [0.1, 0.15) is 6.10 Å². The lowest BCUT2D eigenvalue weighted by molar-refractivity contribution is 0.0684. The zero-order valence-corrected chi connectivity index (χ0v) is 12.6. The summed E-state index contributed by atoms with van der Waals surface area (Å²) in [5.41, 5.74) is 0.421. The normalized spacial score (nSPS) is 17.7. The first-order valence-electron chi connectivity index (χ1n) is 6.96. The van der Waals surface area contributed by atoms with E-state index in [0.717, 1.165) is 17.9 Å². The first-order valence-corrected chi connectivity index (χ1v) is 8.11. The number of carbonyl (C=O) groups is 1. The number of aromatic nitrogens is 1. The molecule has 6 nitrogen and oxygen atoms in total. The average Bonchev–Trinajstić information content (AvgIpc) is 3.00. The second-order valence-electron chi connectivity index (χ2n) is 4.73. The molecular formula is C14H20N2O4S. The highest BCUT2D eigenvalue weighted by molar-refractivity contribution is 7.99. The van der Waals surface area contributed by atoms with Gasteiger partial charge in [-0.15, -0.1) is 0 Å². The van der Waals surface area contributed by atoms with Crippen molar-refractivity contribution < 1.29 is 19.7 Å². The Kier molecular flexibility index (Phi) is 6.28. The van der Waals surface area contributed by atoms with Crippen LogP contribution >= 0.6 is 11.8 Å². The molecule has 0 radical (unpaired) electrons. The highest BCUT2D eigenvalue weighted by Crippen LogP contribution is 2.22. The highest BCUT2D eigenvalue weighted by Gasteiger charge is 2.19. The quantitative estimate of drug-likeness (QED) is 0.758. The molecule has 0 saturated carbocycles. The SMILES string of the molecule is O=C(c1ccc(OC2CCSC2)nc1)N(CCO)CCO. The number of amides is 1. The molecule has 1 saturated heterocycles. The Balaban J connectivity index is 1.97. The minimum absolute atomic E-state index is 0.139. The van der Waals surface area contributed by atoms with E-state index in [9.17, 15) is 4.79 Å². The number of hydrogen-bond donors (Lipinski definition) is 2. The van der Waals surface area contributed by atoms with Crippen molar-refractivity contribution in [3.63, 3.8) is 0 Å². The number of carbonyl (C=O) groups excluding carboxylic acids is 1. The minimum Gasteiger partial charge on any atom is -0.473 e. The molecule has 2 heterocycles. The fourth-order valence-corrected chi connectivity index (χ4v) is 3.19. The van der Waals surface area contributed by atoms with E-state index in [1.165, 1.54) is 11.1 Å². The molecule has 2 N–H and O–H groups in total. The number of pyridine rings is 1. The summed E-state index contributed by atoms with van der Waals surface area (Å²) < 4.78 is 5.73. The third kappa shape index (κ3) is 4.59. The Morgan fingerprint density at radius 2 is 2.14 bits per heavy atom. The van der Waals surface area contributed by atoms with E-state index >= 15 is 0 Å². The average molecular weight is 312 g/mol. The molecule has 1 aromatic rings. The molecule has 1 aliphatic rings. The molecule has 1 fully saturated rings. The molecule has 1 aliphatic heterocycles. The lowest BCUT2D eigenvalue weighted by Crippen LogP contribution is -2.35. The number of aliphatic hydroxyl groups is 2. The Morgan fingerprint density at radius 1 is 1.38 bits per heavy atom. The van der Waals surface area contributed by atoms with E-state index < -0.39 is 0 Å². The van der Waals surface area contributed by atoms with Crippen LogP contribution in [0.25, 0.3) is 0 Å². The third-order valence-electron chi connectivity index (χ3n) is 3.19. The van der Waals surface area contributed by atoms with Crippen LogP contribution in [-0.2, 0) is 0 Å². The maximum absolute atomic E-state index is 12.2. The Labute approximate surface area is 128 Å². The molecule has 0 bridgehead atoms. The molecule has 0 aromatic carbocycles. The first kappa shape index (κ1) is 16.1. The van der Waals surface area contributed by atoms with Crippen LogP contribution in [0.2, 0.25) is 0 Å². The zero-order valence-electron chi connectivity index (χ0n) is 11.8. The van der Waals surface area contributed by atoms with Gasteiger partial charge in [0, 0.05) is 31.1 Å². The van der Waals surface area contributed by atoms with Crippen molar-refractivity contribution in [3.8, 4) is 5.88 Å². The van der Waals surface area contributed by atoms with Crippen LogP contribution in [0.4, 0.5) is 0 Å². The smallest absolute Gasteiger partial charge is 0.255 e. The number of nitrogens with zero attached hydrogens (tertiary/aromatic N) is 2. The van der Waals surface area contributed by atoms with E-state index in [4.69, 9.17) is 14.9 Å². The number of thioether (sulfide) groups is 1. The molecule has 0 aliphatic carbocycles. The Hall–Kier alpha value is -1.31. The van der Waals surface area contributed by atoms with Crippen LogP contribution in [0.15, 0.2) is 18.3 Å². The van der Waals surface area contributed by atoms with Gasteiger partial charge in [0.15, 0.2) is 0 Å². The number of ether oxygens (including phenoxy) is 1. The van der Waals surface area contributed by atoms with Crippen molar-refractivity contribution in [2.24, 2.45) is 0 Å². The second-order valence-corrected chi connectivity index (χ2v) is 5.88. The van der Waals surface area contributed by atoms with E-state index in [-0.39, 0.29) is 38.3 Å². The van der Waals surface area contributed by atoms with Crippen molar-refractivity contribution in [1.29, 1.82) is 0 Å². The number of hydrogen-bond acceptors (Lipinski definition) is 6. The van der Waals surface area contributed by atoms with Crippen molar-refractivity contribution in [3.05, 3.63) is 23.9 Å². The predicted molar refractivity (Wildman–Crippen MR) is 80.7 cm³/mol. The van der Waals surface area contributed by atoms with Crippen molar-refractivity contribution in [2.75, 3.05) is 37.8 Å². The van der Waals surface area contributed by atoms with Crippen LogP contribution < -0.4 is 4.74 Å². The summed E-state index contributed by atoms with van der Waals surface area (Å²) in [5.74, 6) is 2.35. The monoisotopic (exact) mass is 312 g/mol. The molecule has 21 heavy (non-hydrogen) atoms. The van der Waals surface area contributed by atoms with Gasteiger partial charge >= 0.3 is 0 Å². The minimum atomic E-state index is -0.256. The van der Waals surface area contributed by atoms with Gasteiger partial charge in [-0.3, -0.25) is 4.79 Å². The summed E-state index contributed by atoms with van der Waals surface area (Å²) in [7, 11) is 0. The topological polar surface area (TPSA) is 82.9 Å². The standard InChI is InChI=1S/C14H20N2O4S/c17-6-4-16(5-7-18)14(19)11-1-2-13(15-9-11)20-12-3-8-21-10-12/h1-2,9,12,17-18H,3-8,10H2. The first-order chi connectivity index (χ1) is 10.2. The lowest BCUT2D eigenvalue weighted by Gasteiger charge is -2.20. The molecule has 0 spiro atoms. The van der Waals surface area contributed by atoms with Crippen molar-refractivity contribution in [2.45, 2.75) is 12.5 Å². The largest absolute Gasteiger partial charge is 0.473 e. The number of rotatable bonds is 7. The Bertz CT molecular complexity index is 443. The van der Waals surface area contributed by atoms with Gasteiger partial charge in [0.2, 0.25) is 5.88 Å². The van der Waals surface area contributed by atoms with E-state index in [0.29, 0.717) is 11.4 Å². The molecule has 1 aromatic heterocycles. The fraction of sp³-hybridized carbons (Fsp3) is 0.571. The number of aliphatic hydroxyl groups excluding tert-OH is 2. The van der Waals surface area contributed by atoms with Crippen LogP contribution in [0.1, 0.15) is 16.8 Å². The summed E-state index contributed by atoms with van der Waals surface area (Å²) >= 11 is 1.86. The maximum atomic E-state index is 12.2. The van der Waals surface area contributed by atoms with Crippen LogP contribution in [0.3, 0.4) is 0 Å². The maximum Gasteiger partial charge on any atom is 0.255 e. The summed E-state index contributed by atoms with van der Waals surface area (Å²) in [6, 6.07) is 3.35. The van der Waals surface area contributed by atoms with Gasteiger partial charge < -0.3 is 19.8 Å². The van der Waals surface area contributed by atoms with Crippen LogP contribution in [-0.4, -0.2) is 69.9 Å². The summed E-state index contributed by atoms with van der Waals surface area (Å²) in [5, 5.41) is 17.9. The van der Waals surface area contributed by atoms with E-state index in [1.807, 2.05) is 11.8 Å². The summed E-state index contributed by atoms with van der Waals surface area (Å²) in [6.45, 7) is 0.104. The van der Waals surface area contributed by atoms with Gasteiger partial charge in [-0.1, -0.05) is 0 Å². The molecule has 1 unspecified atom stereocenters. The lowest BCUT2D eigenvalue weighted by atomic mass is 10.2. The summed E-state index contributed by atoms with van der Waals surface area (Å²) in [6.07, 6.45) is 2.69. The molecule has 1 atom stereocenters. The molecule has 2 rings (SSSR count). The summed E-state index contributed by atoms with van der Waals surface area (Å²) in [4.78, 5) is 17.8. The van der Waals surface area contributed by atoms with Crippen LogP contribution in [0.5, 0.6) is 5.88 Å². The van der Waals surface area contributed by atoms with Crippen LogP contribution in [0, 0.1) is 0 Å². The van der Waals surface area contributed by atoms with Gasteiger partial charge in [0.05, 0.1) is 18.8 Å². The van der Waals surface area contributed by atoms with Gasteiger partial charge in [-0.05, 0) is 18.2 Å². The second kappa shape index (κ2) is 8.21. The Morgan fingerprint density at radius 3 is 2.67 bits per heavy atom. The molecule has 7 heteroatoms. The van der Waals surface area contributed by atoms with Crippen molar-refractivity contribution >= 4 is 17.7 Å². The van der Waals surface area contributed by atoms with Crippen molar-refractivity contribution in [1.82, 2.24) is 9.88 Å². The molecular weight excluding hydrogens is 292 g/mol. The van der Waals surface area contributed by atoms with E-state index in [1.54, 1.807) is 12.1 Å². The fourth-order valence-electron chi connectivity index (χ4n) is 2.09. The molecule has 1 amide bonds. The van der Waals surface area contributed by atoms with Gasteiger partial charge in [0.25, 0.3) is 5.91 Å².